The average molecular weight is 929 g/mol. The third-order valence-corrected chi connectivity index (χ3v) is 15.2. The van der Waals surface area contributed by atoms with Crippen LogP contribution < -0.4 is 4.90 Å². The van der Waals surface area contributed by atoms with Gasteiger partial charge in [-0.05, 0) is 139 Å². The summed E-state index contributed by atoms with van der Waals surface area (Å²) in [6.07, 6.45) is 0. The van der Waals surface area contributed by atoms with Gasteiger partial charge in [0.2, 0.25) is 0 Å². The first-order chi connectivity index (χ1) is 36.2. The normalized spacial score (nSPS) is 12.5. The number of aromatic nitrogens is 1. The zero-order valence-corrected chi connectivity index (χ0v) is 40.1. The molecule has 0 saturated heterocycles. The van der Waals surface area contributed by atoms with Crippen molar-refractivity contribution >= 4 is 49.6 Å². The zero-order chi connectivity index (χ0) is 48.3. The van der Waals surface area contributed by atoms with Gasteiger partial charge in [-0.2, -0.15) is 0 Å². The lowest BCUT2D eigenvalue weighted by atomic mass is 9.67. The van der Waals surface area contributed by atoms with E-state index in [4.69, 9.17) is 0 Å². The van der Waals surface area contributed by atoms with Gasteiger partial charge in [0.25, 0.3) is 0 Å². The molecule has 0 amide bonds. The predicted molar refractivity (Wildman–Crippen MR) is 307 cm³/mol. The van der Waals surface area contributed by atoms with Gasteiger partial charge in [0, 0.05) is 33.4 Å². The third-order valence-electron chi connectivity index (χ3n) is 15.2. The minimum atomic E-state index is -0.538. The number of anilines is 3. The van der Waals surface area contributed by atoms with Gasteiger partial charge in [0.05, 0.1) is 22.1 Å². The number of para-hydroxylation sites is 2. The molecule has 73 heavy (non-hydrogen) atoms. The van der Waals surface area contributed by atoms with Crippen molar-refractivity contribution in [2.24, 2.45) is 0 Å². The highest BCUT2D eigenvalue weighted by Gasteiger charge is 2.46. The van der Waals surface area contributed by atoms with Crippen molar-refractivity contribution < 1.29 is 0 Å². The number of rotatable bonds is 9. The van der Waals surface area contributed by atoms with Gasteiger partial charge < -0.3 is 9.47 Å². The first-order valence-electron chi connectivity index (χ1n) is 25.2. The predicted octanol–water partition coefficient (Wildman–Crippen LogP) is 18.8. The van der Waals surface area contributed by atoms with Crippen molar-refractivity contribution in [2.45, 2.75) is 5.41 Å². The number of benzene rings is 12. The van der Waals surface area contributed by atoms with Crippen LogP contribution >= 0.6 is 0 Å². The molecule has 0 fully saturated rings. The Labute approximate surface area is 426 Å². The van der Waals surface area contributed by atoms with E-state index in [2.05, 4.69) is 301 Å². The van der Waals surface area contributed by atoms with Crippen LogP contribution in [0.15, 0.2) is 291 Å². The van der Waals surface area contributed by atoms with Crippen molar-refractivity contribution in [2.75, 3.05) is 4.90 Å². The van der Waals surface area contributed by atoms with Crippen LogP contribution in [0.25, 0.3) is 82.8 Å². The van der Waals surface area contributed by atoms with Crippen molar-refractivity contribution in [1.82, 2.24) is 4.57 Å². The summed E-state index contributed by atoms with van der Waals surface area (Å²) in [4.78, 5) is 2.47. The summed E-state index contributed by atoms with van der Waals surface area (Å²) in [6.45, 7) is 0. The third kappa shape index (κ3) is 6.94. The second-order valence-corrected chi connectivity index (χ2v) is 19.2. The van der Waals surface area contributed by atoms with Crippen LogP contribution in [0.2, 0.25) is 0 Å². The van der Waals surface area contributed by atoms with E-state index in [1.165, 1.54) is 88.2 Å². The van der Waals surface area contributed by atoms with Gasteiger partial charge in [-0.1, -0.05) is 224 Å². The molecule has 1 aliphatic carbocycles. The van der Waals surface area contributed by atoms with Crippen LogP contribution in [0.3, 0.4) is 0 Å². The molecule has 0 bridgehead atoms. The molecule has 2 nitrogen and oxygen atoms in total. The number of nitrogens with zero attached hydrogens (tertiary/aromatic N) is 2. The highest BCUT2D eigenvalue weighted by molar-refractivity contribution is 6.11. The fourth-order valence-electron chi connectivity index (χ4n) is 12.0. The summed E-state index contributed by atoms with van der Waals surface area (Å²) in [5.41, 5.74) is 20.9. The average Bonchev–Trinajstić information content (AvgIpc) is 3.97. The molecule has 1 aromatic heterocycles. The number of fused-ring (bicyclic) bond motifs is 7. The molecule has 1 heterocycles. The van der Waals surface area contributed by atoms with E-state index in [1.54, 1.807) is 0 Å². The maximum atomic E-state index is 2.47. The van der Waals surface area contributed by atoms with E-state index in [-0.39, 0.29) is 0 Å². The Bertz CT molecular complexity index is 4150. The number of hydrogen-bond donors (Lipinski definition) is 0. The first-order valence-corrected chi connectivity index (χ1v) is 25.2. The molecule has 12 aromatic carbocycles. The summed E-state index contributed by atoms with van der Waals surface area (Å²) < 4.78 is 2.41. The first kappa shape index (κ1) is 42.4. The molecule has 0 atom stereocenters. The quantitative estimate of drug-likeness (QED) is 0.140. The van der Waals surface area contributed by atoms with Crippen molar-refractivity contribution in [3.05, 3.63) is 313 Å². The van der Waals surface area contributed by atoms with Crippen LogP contribution in [0, 0.1) is 0 Å². The molecule has 0 aliphatic heterocycles. The highest BCUT2D eigenvalue weighted by Crippen LogP contribution is 2.57. The van der Waals surface area contributed by atoms with Crippen molar-refractivity contribution in [1.29, 1.82) is 0 Å². The molecule has 0 spiro atoms. The lowest BCUT2D eigenvalue weighted by Crippen LogP contribution is -2.28. The fraction of sp³-hybridized carbons (Fsp3) is 0.0141. The Morgan fingerprint density at radius 2 is 0.849 bits per heavy atom. The van der Waals surface area contributed by atoms with E-state index >= 15 is 0 Å². The Morgan fingerprint density at radius 3 is 1.64 bits per heavy atom. The molecule has 2 heteroatoms. The Morgan fingerprint density at radius 1 is 0.288 bits per heavy atom. The Balaban J connectivity index is 0.932. The minimum absolute atomic E-state index is 0.538. The van der Waals surface area contributed by atoms with E-state index < -0.39 is 5.41 Å². The van der Waals surface area contributed by atoms with Gasteiger partial charge in [0.1, 0.15) is 0 Å². The standard InChI is InChI=1S/C71H48N2/c1-4-19-49(20-5-1)51-35-39-58(40-36-51)72(60-42-43-63-62-30-12-15-32-66(62)71(67(63)48-60,56-25-6-2-7-26-56)57-27-8-3-9-28-57)68-33-16-13-29-61(68)55-24-18-23-52(45-55)54-38-44-70-65(47-54)64-31-14-17-34-69(64)73(70)59-41-37-50-21-10-11-22-53(50)46-59/h1-48H. The second-order valence-electron chi connectivity index (χ2n) is 19.2. The lowest BCUT2D eigenvalue weighted by molar-refractivity contribution is 0.768. The molecule has 1 aliphatic rings. The highest BCUT2D eigenvalue weighted by atomic mass is 15.1. The molecule has 13 aromatic rings. The molecule has 0 unspecified atom stereocenters. The van der Waals surface area contributed by atoms with Crippen LogP contribution in [-0.4, -0.2) is 4.57 Å². The topological polar surface area (TPSA) is 8.17 Å². The molecular formula is C71H48N2. The lowest BCUT2D eigenvalue weighted by Gasteiger charge is -2.35. The van der Waals surface area contributed by atoms with E-state index in [9.17, 15) is 0 Å². The van der Waals surface area contributed by atoms with E-state index in [1.807, 2.05) is 0 Å². The maximum absolute atomic E-state index is 2.47. The summed E-state index contributed by atoms with van der Waals surface area (Å²) in [7, 11) is 0. The summed E-state index contributed by atoms with van der Waals surface area (Å²) in [5.74, 6) is 0. The van der Waals surface area contributed by atoms with E-state index in [0.29, 0.717) is 0 Å². The SMILES string of the molecule is c1ccc(-c2ccc(N(c3ccc4c(c3)C(c3ccccc3)(c3ccccc3)c3ccccc3-4)c3ccccc3-c3cccc(-c4ccc5c(c4)c4ccccc4n5-c4ccc5ccccc5c4)c3)cc2)cc1. The Kier molecular flexibility index (Phi) is 10.1. The van der Waals surface area contributed by atoms with Crippen LogP contribution in [0.5, 0.6) is 0 Å². The van der Waals surface area contributed by atoms with Gasteiger partial charge in [-0.3, -0.25) is 0 Å². The molecule has 0 radical (unpaired) electrons. The molecular weight excluding hydrogens is 881 g/mol. The van der Waals surface area contributed by atoms with E-state index in [0.717, 1.165) is 33.9 Å². The van der Waals surface area contributed by atoms with Gasteiger partial charge >= 0.3 is 0 Å². The smallest absolute Gasteiger partial charge is 0.0714 e. The second kappa shape index (κ2) is 17.4. The number of hydrogen-bond acceptors (Lipinski definition) is 1. The summed E-state index contributed by atoms with van der Waals surface area (Å²) in [5, 5.41) is 4.95. The molecule has 342 valence electrons. The van der Waals surface area contributed by atoms with Gasteiger partial charge in [-0.25, -0.2) is 0 Å². The molecule has 14 rings (SSSR count). The molecule has 0 N–H and O–H groups in total. The summed E-state index contributed by atoms with van der Waals surface area (Å²) >= 11 is 0. The van der Waals surface area contributed by atoms with Crippen molar-refractivity contribution in [3.8, 4) is 50.2 Å². The fourth-order valence-corrected chi connectivity index (χ4v) is 12.0. The van der Waals surface area contributed by atoms with Crippen molar-refractivity contribution in [3.63, 3.8) is 0 Å². The maximum Gasteiger partial charge on any atom is 0.0714 e. The zero-order valence-electron chi connectivity index (χ0n) is 40.1. The monoisotopic (exact) mass is 928 g/mol. The summed E-state index contributed by atoms with van der Waals surface area (Å²) in [6, 6.07) is 107. The van der Waals surface area contributed by atoms with Crippen LogP contribution in [0.4, 0.5) is 17.1 Å². The molecule has 0 saturated carbocycles. The van der Waals surface area contributed by atoms with Gasteiger partial charge in [0.15, 0.2) is 0 Å². The van der Waals surface area contributed by atoms with Gasteiger partial charge in [-0.15, -0.1) is 0 Å². The largest absolute Gasteiger partial charge is 0.310 e. The Hall–Kier alpha value is -9.50. The van der Waals surface area contributed by atoms with Crippen LogP contribution in [-0.2, 0) is 5.41 Å². The van der Waals surface area contributed by atoms with Crippen LogP contribution in [0.1, 0.15) is 22.3 Å². The minimum Gasteiger partial charge on any atom is -0.310 e.